The second-order valence-corrected chi connectivity index (χ2v) is 5.49. The van der Waals surface area contributed by atoms with Gasteiger partial charge in [-0.2, -0.15) is 0 Å². The molecule has 1 aliphatic rings. The van der Waals surface area contributed by atoms with E-state index in [1.807, 2.05) is 6.92 Å². The molecule has 1 aromatic heterocycles. The lowest BCUT2D eigenvalue weighted by Gasteiger charge is -2.32. The SMILES string of the molecule is COCCOc1ccc(NC(=O)C2(C)CCNCC2)cn1. The minimum atomic E-state index is -0.307. The van der Waals surface area contributed by atoms with E-state index in [4.69, 9.17) is 9.47 Å². The van der Waals surface area contributed by atoms with Gasteiger partial charge in [-0.15, -0.1) is 0 Å². The molecule has 2 rings (SSSR count). The van der Waals surface area contributed by atoms with Gasteiger partial charge in [0.1, 0.15) is 6.61 Å². The zero-order chi connectivity index (χ0) is 15.1. The van der Waals surface area contributed by atoms with E-state index in [1.54, 1.807) is 25.4 Å². The standard InChI is InChI=1S/C15H23N3O3/c1-15(5-7-16-8-6-15)14(19)18-12-3-4-13(17-11-12)21-10-9-20-2/h3-4,11,16H,5-10H2,1-2H3,(H,18,19). The number of hydrogen-bond donors (Lipinski definition) is 2. The fourth-order valence-electron chi connectivity index (χ4n) is 2.26. The molecule has 2 N–H and O–H groups in total. The van der Waals surface area contributed by atoms with Gasteiger partial charge in [0.15, 0.2) is 0 Å². The molecule has 0 radical (unpaired) electrons. The van der Waals surface area contributed by atoms with Crippen LogP contribution in [0.3, 0.4) is 0 Å². The summed E-state index contributed by atoms with van der Waals surface area (Å²) in [7, 11) is 1.62. The molecule has 0 atom stereocenters. The van der Waals surface area contributed by atoms with E-state index >= 15 is 0 Å². The summed E-state index contributed by atoms with van der Waals surface area (Å²) >= 11 is 0. The molecule has 0 bridgehead atoms. The predicted molar refractivity (Wildman–Crippen MR) is 80.4 cm³/mol. The average molecular weight is 293 g/mol. The van der Waals surface area contributed by atoms with Gasteiger partial charge in [-0.25, -0.2) is 4.98 Å². The smallest absolute Gasteiger partial charge is 0.230 e. The molecule has 1 fully saturated rings. The highest BCUT2D eigenvalue weighted by Crippen LogP contribution is 2.29. The Morgan fingerprint density at radius 3 is 2.76 bits per heavy atom. The normalized spacial score (nSPS) is 17.2. The topological polar surface area (TPSA) is 72.5 Å². The number of nitrogens with zero attached hydrogens (tertiary/aromatic N) is 1. The fraction of sp³-hybridized carbons (Fsp3) is 0.600. The van der Waals surface area contributed by atoms with Gasteiger partial charge in [-0.05, 0) is 32.0 Å². The molecule has 116 valence electrons. The lowest BCUT2D eigenvalue weighted by atomic mass is 9.80. The second kappa shape index (κ2) is 7.38. The number of amides is 1. The molecular formula is C15H23N3O3. The largest absolute Gasteiger partial charge is 0.475 e. The van der Waals surface area contributed by atoms with Crippen LogP contribution in [0.4, 0.5) is 5.69 Å². The van der Waals surface area contributed by atoms with Crippen LogP contribution in [0.25, 0.3) is 0 Å². The van der Waals surface area contributed by atoms with E-state index in [9.17, 15) is 4.79 Å². The van der Waals surface area contributed by atoms with Crippen molar-refractivity contribution >= 4 is 11.6 Å². The average Bonchev–Trinajstić information content (AvgIpc) is 2.50. The highest BCUT2D eigenvalue weighted by atomic mass is 16.5. The molecule has 0 spiro atoms. The van der Waals surface area contributed by atoms with Crippen LogP contribution in [0.5, 0.6) is 5.88 Å². The van der Waals surface area contributed by atoms with Gasteiger partial charge < -0.3 is 20.1 Å². The number of pyridine rings is 1. The number of carbonyl (C=O) groups excluding carboxylic acids is 1. The molecule has 6 nitrogen and oxygen atoms in total. The first-order valence-corrected chi connectivity index (χ1v) is 7.24. The summed E-state index contributed by atoms with van der Waals surface area (Å²) in [5, 5.41) is 6.21. The zero-order valence-corrected chi connectivity index (χ0v) is 12.6. The number of ether oxygens (including phenoxy) is 2. The monoisotopic (exact) mass is 293 g/mol. The van der Waals surface area contributed by atoms with Crippen LogP contribution in [0.2, 0.25) is 0 Å². The first kappa shape index (κ1) is 15.7. The fourth-order valence-corrected chi connectivity index (χ4v) is 2.26. The molecule has 1 aromatic rings. The van der Waals surface area contributed by atoms with Gasteiger partial charge in [0.2, 0.25) is 11.8 Å². The van der Waals surface area contributed by atoms with Crippen LogP contribution >= 0.6 is 0 Å². The predicted octanol–water partition coefficient (Wildman–Crippen LogP) is 1.43. The number of carbonyl (C=O) groups is 1. The van der Waals surface area contributed by atoms with Crippen molar-refractivity contribution in [3.8, 4) is 5.88 Å². The zero-order valence-electron chi connectivity index (χ0n) is 12.6. The van der Waals surface area contributed by atoms with Gasteiger partial charge in [-0.3, -0.25) is 4.79 Å². The summed E-state index contributed by atoms with van der Waals surface area (Å²) < 4.78 is 10.3. The molecule has 1 saturated heterocycles. The van der Waals surface area contributed by atoms with Crippen molar-refractivity contribution < 1.29 is 14.3 Å². The van der Waals surface area contributed by atoms with Crippen LogP contribution in [0.15, 0.2) is 18.3 Å². The summed E-state index contributed by atoms with van der Waals surface area (Å²) in [4.78, 5) is 16.5. The van der Waals surface area contributed by atoms with Crippen molar-refractivity contribution in [3.63, 3.8) is 0 Å². The summed E-state index contributed by atoms with van der Waals surface area (Å²) in [5.41, 5.74) is 0.387. The van der Waals surface area contributed by atoms with Crippen molar-refractivity contribution in [1.29, 1.82) is 0 Å². The van der Waals surface area contributed by atoms with E-state index in [0.29, 0.717) is 24.8 Å². The molecule has 0 aliphatic carbocycles. The summed E-state index contributed by atoms with van der Waals surface area (Å²) in [6.45, 7) is 4.76. The molecule has 0 saturated carbocycles. The Balaban J connectivity index is 1.89. The Hall–Kier alpha value is -1.66. The van der Waals surface area contributed by atoms with Crippen molar-refractivity contribution in [2.24, 2.45) is 5.41 Å². The van der Waals surface area contributed by atoms with Gasteiger partial charge in [0.25, 0.3) is 0 Å². The molecule has 0 unspecified atom stereocenters. The van der Waals surface area contributed by atoms with Gasteiger partial charge in [0.05, 0.1) is 18.5 Å². The maximum absolute atomic E-state index is 12.4. The minimum Gasteiger partial charge on any atom is -0.475 e. The Labute approximate surface area is 125 Å². The van der Waals surface area contributed by atoms with Gasteiger partial charge in [-0.1, -0.05) is 6.92 Å². The summed E-state index contributed by atoms with van der Waals surface area (Å²) in [5.74, 6) is 0.581. The maximum atomic E-state index is 12.4. The van der Waals surface area contributed by atoms with Gasteiger partial charge in [0, 0.05) is 18.6 Å². The molecule has 0 aromatic carbocycles. The molecule has 21 heavy (non-hydrogen) atoms. The number of nitrogens with one attached hydrogen (secondary N) is 2. The number of piperidine rings is 1. The Morgan fingerprint density at radius 2 is 2.14 bits per heavy atom. The number of aromatic nitrogens is 1. The summed E-state index contributed by atoms with van der Waals surface area (Å²) in [6.07, 6.45) is 3.32. The number of methoxy groups -OCH3 is 1. The highest BCUT2D eigenvalue weighted by Gasteiger charge is 2.34. The van der Waals surface area contributed by atoms with E-state index in [-0.39, 0.29) is 11.3 Å². The van der Waals surface area contributed by atoms with E-state index in [2.05, 4.69) is 15.6 Å². The van der Waals surface area contributed by atoms with Crippen LogP contribution in [-0.2, 0) is 9.53 Å². The Kier molecular flexibility index (Phi) is 5.52. The molecule has 2 heterocycles. The third-order valence-corrected chi connectivity index (χ3v) is 3.79. The summed E-state index contributed by atoms with van der Waals surface area (Å²) in [6, 6.07) is 3.55. The Bertz CT molecular complexity index is 456. The lowest BCUT2D eigenvalue weighted by Crippen LogP contribution is -2.42. The highest BCUT2D eigenvalue weighted by molar-refractivity contribution is 5.95. The third kappa shape index (κ3) is 4.41. The number of hydrogen-bond acceptors (Lipinski definition) is 5. The van der Waals surface area contributed by atoms with Crippen molar-refractivity contribution in [3.05, 3.63) is 18.3 Å². The third-order valence-electron chi connectivity index (χ3n) is 3.79. The molecule has 1 amide bonds. The number of anilines is 1. The van der Waals surface area contributed by atoms with Gasteiger partial charge >= 0.3 is 0 Å². The van der Waals surface area contributed by atoms with Crippen molar-refractivity contribution in [1.82, 2.24) is 10.3 Å². The van der Waals surface area contributed by atoms with Crippen molar-refractivity contribution in [2.45, 2.75) is 19.8 Å². The molecule has 1 aliphatic heterocycles. The van der Waals surface area contributed by atoms with Crippen molar-refractivity contribution in [2.75, 3.05) is 38.7 Å². The molecule has 6 heteroatoms. The van der Waals surface area contributed by atoms with E-state index in [1.165, 1.54) is 0 Å². The van der Waals surface area contributed by atoms with Crippen LogP contribution in [0.1, 0.15) is 19.8 Å². The second-order valence-electron chi connectivity index (χ2n) is 5.49. The molecular weight excluding hydrogens is 270 g/mol. The van der Waals surface area contributed by atoms with E-state index in [0.717, 1.165) is 25.9 Å². The quantitative estimate of drug-likeness (QED) is 0.776. The van der Waals surface area contributed by atoms with Crippen LogP contribution < -0.4 is 15.4 Å². The minimum absolute atomic E-state index is 0.0545. The number of rotatable bonds is 6. The van der Waals surface area contributed by atoms with E-state index < -0.39 is 0 Å². The maximum Gasteiger partial charge on any atom is 0.230 e. The van der Waals surface area contributed by atoms with Crippen LogP contribution in [0, 0.1) is 5.41 Å². The first-order chi connectivity index (χ1) is 10.1. The lowest BCUT2D eigenvalue weighted by molar-refractivity contribution is -0.126. The Morgan fingerprint density at radius 1 is 1.38 bits per heavy atom. The van der Waals surface area contributed by atoms with Crippen LogP contribution in [-0.4, -0.2) is 44.3 Å². The first-order valence-electron chi connectivity index (χ1n) is 7.24.